The molecule has 0 fully saturated rings. The third kappa shape index (κ3) is 5.60. The molecule has 110 valence electrons. The number of benzene rings is 1. The summed E-state index contributed by atoms with van der Waals surface area (Å²) in [6.45, 7) is 5.04. The summed E-state index contributed by atoms with van der Waals surface area (Å²) < 4.78 is 4.99. The van der Waals surface area contributed by atoms with E-state index >= 15 is 0 Å². The summed E-state index contributed by atoms with van der Waals surface area (Å²) in [6.07, 6.45) is -0.771. The summed E-state index contributed by atoms with van der Waals surface area (Å²) in [6, 6.07) is 4.82. The van der Waals surface area contributed by atoms with E-state index in [9.17, 15) is 14.7 Å². The second-order valence-corrected chi connectivity index (χ2v) is 5.39. The molecule has 0 aliphatic rings. The van der Waals surface area contributed by atoms with Crippen LogP contribution in [0.25, 0.3) is 0 Å². The van der Waals surface area contributed by atoms with Crippen LogP contribution in [0.15, 0.2) is 24.3 Å². The van der Waals surface area contributed by atoms with Crippen molar-refractivity contribution in [3.05, 3.63) is 29.8 Å². The molecule has 0 saturated carbocycles. The minimum absolute atomic E-state index is 0.0435. The zero-order valence-corrected chi connectivity index (χ0v) is 11.7. The second kappa shape index (κ2) is 6.27. The Hall–Kier alpha value is -2.24. The van der Waals surface area contributed by atoms with E-state index in [-0.39, 0.29) is 12.2 Å². The van der Waals surface area contributed by atoms with Crippen molar-refractivity contribution in [2.75, 3.05) is 0 Å². The van der Waals surface area contributed by atoms with Crippen LogP contribution in [-0.4, -0.2) is 28.8 Å². The van der Waals surface area contributed by atoms with Gasteiger partial charge in [-0.05, 0) is 44.9 Å². The molecule has 0 radical (unpaired) electrons. The summed E-state index contributed by atoms with van der Waals surface area (Å²) in [4.78, 5) is 22.6. The number of carboxylic acids is 1. The Kier molecular flexibility index (Phi) is 4.96. The molecule has 2 N–H and O–H groups in total. The Morgan fingerprint density at radius 2 is 1.85 bits per heavy atom. The van der Waals surface area contributed by atoms with Gasteiger partial charge in [0, 0.05) is 0 Å². The van der Waals surface area contributed by atoms with E-state index in [2.05, 4.69) is 5.32 Å². The first kappa shape index (κ1) is 15.8. The molecule has 0 unspecified atom stereocenters. The quantitative estimate of drug-likeness (QED) is 0.840. The van der Waals surface area contributed by atoms with Gasteiger partial charge in [-0.2, -0.15) is 0 Å². The molecule has 0 spiro atoms. The Labute approximate surface area is 117 Å². The molecule has 0 bridgehead atoms. The van der Waals surface area contributed by atoms with Gasteiger partial charge >= 0.3 is 6.09 Å². The van der Waals surface area contributed by atoms with Gasteiger partial charge in [-0.15, -0.1) is 0 Å². The third-order valence-electron chi connectivity index (χ3n) is 2.35. The lowest BCUT2D eigenvalue weighted by molar-refractivity contribution is -0.308. The molecule has 0 heterocycles. The number of nitrogens with one attached hydrogen (secondary N) is 1. The maximum atomic E-state index is 11.6. The molecule has 1 rings (SSSR count). The van der Waals surface area contributed by atoms with E-state index in [0.29, 0.717) is 5.56 Å². The van der Waals surface area contributed by atoms with Gasteiger partial charge in [0.25, 0.3) is 0 Å². The maximum Gasteiger partial charge on any atom is 0.408 e. The minimum atomic E-state index is -1.40. The van der Waals surface area contributed by atoms with Crippen molar-refractivity contribution in [1.29, 1.82) is 0 Å². The third-order valence-corrected chi connectivity index (χ3v) is 2.35. The molecule has 20 heavy (non-hydrogen) atoms. The summed E-state index contributed by atoms with van der Waals surface area (Å²) in [5, 5.41) is 22.4. The van der Waals surface area contributed by atoms with E-state index in [1.807, 2.05) is 0 Å². The Bertz CT molecular complexity index is 475. The minimum Gasteiger partial charge on any atom is -0.548 e. The lowest BCUT2D eigenvalue weighted by Crippen LogP contribution is -2.50. The van der Waals surface area contributed by atoms with Crippen LogP contribution < -0.4 is 10.4 Å². The van der Waals surface area contributed by atoms with Crippen LogP contribution in [0.4, 0.5) is 4.79 Å². The second-order valence-electron chi connectivity index (χ2n) is 5.39. The van der Waals surface area contributed by atoms with Crippen molar-refractivity contribution in [2.45, 2.75) is 38.8 Å². The standard InChI is InChI=1S/C14H19NO5/c1-14(2,3)20-13(19)15-11(12(17)18)8-9-4-6-10(16)7-5-9/h4-7,11,16H,8H2,1-3H3,(H,15,19)(H,17,18)/p-1/t11-/m0/s1. The van der Waals surface area contributed by atoms with Crippen molar-refractivity contribution in [3.8, 4) is 5.75 Å². The van der Waals surface area contributed by atoms with Crippen LogP contribution in [0.5, 0.6) is 5.75 Å². The normalized spacial score (nSPS) is 12.6. The predicted octanol–water partition coefficient (Wildman–Crippen LogP) is 0.578. The molecule has 0 aliphatic carbocycles. The fourth-order valence-electron chi connectivity index (χ4n) is 1.51. The summed E-state index contributed by atoms with van der Waals surface area (Å²) in [5.41, 5.74) is -0.0629. The molecule has 0 saturated heterocycles. The summed E-state index contributed by atoms with van der Waals surface area (Å²) >= 11 is 0. The number of hydrogen-bond donors (Lipinski definition) is 2. The molecule has 0 aromatic heterocycles. The van der Waals surface area contributed by atoms with Crippen LogP contribution in [0.3, 0.4) is 0 Å². The highest BCUT2D eigenvalue weighted by Crippen LogP contribution is 2.12. The largest absolute Gasteiger partial charge is 0.548 e. The topological polar surface area (TPSA) is 98.7 Å². The number of carbonyl (C=O) groups is 2. The number of carboxylic acid groups (broad SMARTS) is 1. The van der Waals surface area contributed by atoms with E-state index in [1.165, 1.54) is 12.1 Å². The van der Waals surface area contributed by atoms with Crippen LogP contribution in [0.1, 0.15) is 26.3 Å². The molecular weight excluding hydrogens is 262 g/mol. The Morgan fingerprint density at radius 1 is 1.30 bits per heavy atom. The number of aliphatic carboxylic acids is 1. The number of carbonyl (C=O) groups excluding carboxylic acids is 2. The first-order chi connectivity index (χ1) is 9.17. The van der Waals surface area contributed by atoms with Gasteiger partial charge in [0.15, 0.2) is 0 Å². The summed E-state index contributed by atoms with van der Waals surface area (Å²) in [5.74, 6) is -1.32. The Morgan fingerprint density at radius 3 is 2.30 bits per heavy atom. The van der Waals surface area contributed by atoms with Crippen molar-refractivity contribution < 1.29 is 24.5 Å². The van der Waals surface area contributed by atoms with Crippen molar-refractivity contribution in [1.82, 2.24) is 5.32 Å². The fraction of sp³-hybridized carbons (Fsp3) is 0.429. The van der Waals surface area contributed by atoms with Crippen molar-refractivity contribution >= 4 is 12.1 Å². The number of rotatable bonds is 4. The monoisotopic (exact) mass is 280 g/mol. The van der Waals surface area contributed by atoms with E-state index in [1.54, 1.807) is 32.9 Å². The van der Waals surface area contributed by atoms with Crippen LogP contribution in [0, 0.1) is 0 Å². The first-order valence-corrected chi connectivity index (χ1v) is 6.15. The van der Waals surface area contributed by atoms with Crippen molar-refractivity contribution in [2.24, 2.45) is 0 Å². The van der Waals surface area contributed by atoms with Gasteiger partial charge in [-0.3, -0.25) is 0 Å². The molecule has 1 aromatic carbocycles. The van der Waals surface area contributed by atoms with E-state index in [0.717, 1.165) is 0 Å². The number of amides is 1. The first-order valence-electron chi connectivity index (χ1n) is 6.15. The molecule has 0 aliphatic heterocycles. The van der Waals surface area contributed by atoms with Gasteiger partial charge in [0.1, 0.15) is 11.4 Å². The van der Waals surface area contributed by atoms with Gasteiger partial charge in [-0.1, -0.05) is 12.1 Å². The zero-order chi connectivity index (χ0) is 15.3. The van der Waals surface area contributed by atoms with E-state index < -0.39 is 23.7 Å². The fourth-order valence-corrected chi connectivity index (χ4v) is 1.51. The molecule has 6 heteroatoms. The Balaban J connectivity index is 2.68. The number of phenols is 1. The molecule has 1 aromatic rings. The molecular formula is C14H18NO5-. The molecule has 6 nitrogen and oxygen atoms in total. The van der Waals surface area contributed by atoms with Gasteiger partial charge in [0.05, 0.1) is 12.0 Å². The van der Waals surface area contributed by atoms with Gasteiger partial charge in [0.2, 0.25) is 0 Å². The number of ether oxygens (including phenoxy) is 1. The summed E-state index contributed by atoms with van der Waals surface area (Å²) in [7, 11) is 0. The van der Waals surface area contributed by atoms with Crippen LogP contribution in [-0.2, 0) is 16.0 Å². The van der Waals surface area contributed by atoms with Gasteiger partial charge in [-0.25, -0.2) is 4.79 Å². The maximum absolute atomic E-state index is 11.6. The molecule has 1 atom stereocenters. The zero-order valence-electron chi connectivity index (χ0n) is 11.7. The smallest absolute Gasteiger partial charge is 0.408 e. The van der Waals surface area contributed by atoms with Crippen LogP contribution >= 0.6 is 0 Å². The lowest BCUT2D eigenvalue weighted by atomic mass is 10.1. The highest BCUT2D eigenvalue weighted by molar-refractivity contribution is 5.79. The number of alkyl carbamates (subject to hydrolysis) is 1. The van der Waals surface area contributed by atoms with E-state index in [4.69, 9.17) is 9.84 Å². The lowest BCUT2D eigenvalue weighted by Gasteiger charge is -2.24. The van der Waals surface area contributed by atoms with Crippen molar-refractivity contribution in [3.63, 3.8) is 0 Å². The average molecular weight is 280 g/mol. The number of hydrogen-bond acceptors (Lipinski definition) is 5. The molecule has 1 amide bonds. The van der Waals surface area contributed by atoms with Gasteiger partial charge < -0.3 is 25.1 Å². The highest BCUT2D eigenvalue weighted by atomic mass is 16.6. The SMILES string of the molecule is CC(C)(C)OC(=O)N[C@@H](Cc1ccc(O)cc1)C(=O)[O-]. The number of aromatic hydroxyl groups is 1. The highest BCUT2D eigenvalue weighted by Gasteiger charge is 2.20. The van der Waals surface area contributed by atoms with Crippen LogP contribution in [0.2, 0.25) is 0 Å². The predicted molar refractivity (Wildman–Crippen MR) is 70.0 cm³/mol. The average Bonchev–Trinajstić information content (AvgIpc) is 2.28. The number of phenolic OH excluding ortho intramolecular Hbond substituents is 1.